The highest BCUT2D eigenvalue weighted by atomic mass is 16.3. The van der Waals surface area contributed by atoms with Crippen molar-refractivity contribution in [2.45, 2.75) is 33.2 Å². The zero-order valence-electron chi connectivity index (χ0n) is 10.5. The van der Waals surface area contributed by atoms with Crippen LogP contribution >= 0.6 is 0 Å². The van der Waals surface area contributed by atoms with Gasteiger partial charge in [-0.25, -0.2) is 0 Å². The van der Waals surface area contributed by atoms with E-state index in [9.17, 15) is 9.90 Å². The van der Waals surface area contributed by atoms with E-state index in [0.29, 0.717) is 30.0 Å². The lowest BCUT2D eigenvalue weighted by atomic mass is 10.2. The third-order valence-electron chi connectivity index (χ3n) is 2.75. The van der Waals surface area contributed by atoms with E-state index in [1.807, 2.05) is 13.8 Å². The van der Waals surface area contributed by atoms with Gasteiger partial charge in [0.1, 0.15) is 5.69 Å². The molecule has 0 aromatic carbocycles. The molecule has 2 aromatic heterocycles. The van der Waals surface area contributed by atoms with Gasteiger partial charge in [-0.1, -0.05) is 13.3 Å². The van der Waals surface area contributed by atoms with Gasteiger partial charge in [-0.15, -0.1) is 0 Å². The molecule has 6 nitrogen and oxygen atoms in total. The Kier molecular flexibility index (Phi) is 3.45. The molecule has 0 aliphatic carbocycles. The van der Waals surface area contributed by atoms with Gasteiger partial charge in [-0.05, 0) is 19.4 Å². The Labute approximate surface area is 104 Å². The molecule has 0 fully saturated rings. The number of rotatable bonds is 4. The van der Waals surface area contributed by atoms with Crippen molar-refractivity contribution in [2.75, 3.05) is 0 Å². The van der Waals surface area contributed by atoms with E-state index in [4.69, 9.17) is 0 Å². The fourth-order valence-electron chi connectivity index (χ4n) is 1.87. The average Bonchev–Trinajstić information content (AvgIpc) is 2.81. The number of aromatic amines is 1. The third kappa shape index (κ3) is 2.13. The molecule has 0 amide bonds. The summed E-state index contributed by atoms with van der Waals surface area (Å²) < 4.78 is 1.71. The minimum Gasteiger partial charge on any atom is -0.493 e. The number of H-pyrrole nitrogens is 1. The molecule has 0 atom stereocenters. The lowest BCUT2D eigenvalue weighted by Gasteiger charge is -2.06. The van der Waals surface area contributed by atoms with Crippen LogP contribution in [0.3, 0.4) is 0 Å². The Morgan fingerprint density at radius 2 is 2.22 bits per heavy atom. The maximum Gasteiger partial charge on any atom is 0.258 e. The van der Waals surface area contributed by atoms with Crippen LogP contribution in [0.2, 0.25) is 0 Å². The largest absolute Gasteiger partial charge is 0.493 e. The normalized spacial score (nSPS) is 10.8. The van der Waals surface area contributed by atoms with Crippen LogP contribution in [0.15, 0.2) is 17.1 Å². The number of hydrogen-bond acceptors (Lipinski definition) is 4. The smallest absolute Gasteiger partial charge is 0.258 e. The molecule has 18 heavy (non-hydrogen) atoms. The summed E-state index contributed by atoms with van der Waals surface area (Å²) in [6.07, 6.45) is 2.93. The highest BCUT2D eigenvalue weighted by Gasteiger charge is 2.13. The van der Waals surface area contributed by atoms with Crippen LogP contribution in [0.5, 0.6) is 5.88 Å². The fraction of sp³-hybridized carbons (Fsp3) is 0.417. The first kappa shape index (κ1) is 12.3. The molecule has 96 valence electrons. The van der Waals surface area contributed by atoms with Gasteiger partial charge >= 0.3 is 0 Å². The predicted molar refractivity (Wildman–Crippen MR) is 67.4 cm³/mol. The molecule has 2 N–H and O–H groups in total. The van der Waals surface area contributed by atoms with Crippen molar-refractivity contribution in [2.24, 2.45) is 0 Å². The quantitative estimate of drug-likeness (QED) is 0.854. The van der Waals surface area contributed by atoms with Gasteiger partial charge in [0.15, 0.2) is 5.82 Å². The molecule has 0 saturated heterocycles. The molecule has 0 spiro atoms. The van der Waals surface area contributed by atoms with Crippen molar-refractivity contribution in [3.63, 3.8) is 0 Å². The molecule has 2 rings (SSSR count). The van der Waals surface area contributed by atoms with E-state index in [1.54, 1.807) is 16.9 Å². The topological polar surface area (TPSA) is 83.8 Å². The van der Waals surface area contributed by atoms with Crippen LogP contribution in [0.4, 0.5) is 0 Å². The molecule has 0 bridgehead atoms. The Balaban J connectivity index is 2.51. The van der Waals surface area contributed by atoms with Crippen molar-refractivity contribution >= 4 is 0 Å². The molecular weight excluding hydrogens is 232 g/mol. The molecular formula is C12H16N4O2. The summed E-state index contributed by atoms with van der Waals surface area (Å²) in [4.78, 5) is 18.6. The molecule has 0 saturated carbocycles. The number of aromatic hydroxyl groups is 1. The second-order valence-electron chi connectivity index (χ2n) is 4.00. The van der Waals surface area contributed by atoms with Crippen LogP contribution < -0.4 is 5.56 Å². The monoisotopic (exact) mass is 248 g/mol. The SMILES string of the molecule is CCCc1c(O)nc(-c2ccnn2CC)[nH]c1=O. The Hall–Kier alpha value is -2.11. The fourth-order valence-corrected chi connectivity index (χ4v) is 1.87. The van der Waals surface area contributed by atoms with Crippen LogP contribution in [0.25, 0.3) is 11.5 Å². The van der Waals surface area contributed by atoms with Gasteiger partial charge in [0.2, 0.25) is 5.88 Å². The van der Waals surface area contributed by atoms with Gasteiger partial charge < -0.3 is 10.1 Å². The number of nitrogens with zero attached hydrogens (tertiary/aromatic N) is 3. The van der Waals surface area contributed by atoms with Crippen molar-refractivity contribution in [3.8, 4) is 17.4 Å². The highest BCUT2D eigenvalue weighted by molar-refractivity contribution is 5.50. The molecule has 0 aliphatic heterocycles. The second kappa shape index (κ2) is 5.03. The molecule has 0 unspecified atom stereocenters. The molecule has 6 heteroatoms. The number of nitrogens with one attached hydrogen (secondary N) is 1. The van der Waals surface area contributed by atoms with Crippen LogP contribution in [0.1, 0.15) is 25.8 Å². The van der Waals surface area contributed by atoms with E-state index < -0.39 is 0 Å². The zero-order valence-corrected chi connectivity index (χ0v) is 10.5. The first-order valence-electron chi connectivity index (χ1n) is 6.01. The van der Waals surface area contributed by atoms with Gasteiger partial charge in [0, 0.05) is 12.7 Å². The van der Waals surface area contributed by atoms with Crippen molar-refractivity contribution < 1.29 is 5.11 Å². The van der Waals surface area contributed by atoms with Crippen LogP contribution in [0, 0.1) is 0 Å². The van der Waals surface area contributed by atoms with E-state index in [1.165, 1.54) is 0 Å². The minimum atomic E-state index is -0.289. The Morgan fingerprint density at radius 1 is 1.44 bits per heavy atom. The summed E-state index contributed by atoms with van der Waals surface area (Å²) in [5.41, 5.74) is 0.736. The van der Waals surface area contributed by atoms with Gasteiger partial charge in [0.05, 0.1) is 5.56 Å². The van der Waals surface area contributed by atoms with Gasteiger partial charge in [-0.2, -0.15) is 10.1 Å². The number of aromatic nitrogens is 4. The van der Waals surface area contributed by atoms with E-state index in [-0.39, 0.29) is 11.4 Å². The summed E-state index contributed by atoms with van der Waals surface area (Å²) in [5, 5.41) is 13.9. The van der Waals surface area contributed by atoms with E-state index in [0.717, 1.165) is 6.42 Å². The Bertz CT molecular complexity index is 600. The van der Waals surface area contributed by atoms with E-state index in [2.05, 4.69) is 15.1 Å². The predicted octanol–water partition coefficient (Wildman–Crippen LogP) is 1.31. The summed E-state index contributed by atoms with van der Waals surface area (Å²) in [5.74, 6) is 0.149. The summed E-state index contributed by atoms with van der Waals surface area (Å²) in [7, 11) is 0. The summed E-state index contributed by atoms with van der Waals surface area (Å²) >= 11 is 0. The zero-order chi connectivity index (χ0) is 13.1. The second-order valence-corrected chi connectivity index (χ2v) is 4.00. The van der Waals surface area contributed by atoms with Crippen molar-refractivity contribution in [1.29, 1.82) is 0 Å². The van der Waals surface area contributed by atoms with Crippen molar-refractivity contribution in [3.05, 3.63) is 28.2 Å². The van der Waals surface area contributed by atoms with Crippen LogP contribution in [-0.4, -0.2) is 24.9 Å². The average molecular weight is 248 g/mol. The first-order valence-corrected chi connectivity index (χ1v) is 6.01. The van der Waals surface area contributed by atoms with E-state index >= 15 is 0 Å². The molecule has 2 heterocycles. The molecule has 0 aliphatic rings. The third-order valence-corrected chi connectivity index (χ3v) is 2.75. The number of hydrogen-bond donors (Lipinski definition) is 2. The molecule has 0 radical (unpaired) electrons. The van der Waals surface area contributed by atoms with Gasteiger partial charge in [-0.3, -0.25) is 9.48 Å². The highest BCUT2D eigenvalue weighted by Crippen LogP contribution is 2.18. The maximum absolute atomic E-state index is 11.9. The first-order chi connectivity index (χ1) is 8.67. The summed E-state index contributed by atoms with van der Waals surface area (Å²) in [6, 6.07) is 1.75. The number of aryl methyl sites for hydroxylation is 1. The maximum atomic E-state index is 11.9. The Morgan fingerprint density at radius 3 is 2.83 bits per heavy atom. The summed E-state index contributed by atoms with van der Waals surface area (Å²) in [6.45, 7) is 4.56. The lowest BCUT2D eigenvalue weighted by Crippen LogP contribution is -2.16. The lowest BCUT2D eigenvalue weighted by molar-refractivity contribution is 0.443. The van der Waals surface area contributed by atoms with Crippen molar-refractivity contribution in [1.82, 2.24) is 19.7 Å². The van der Waals surface area contributed by atoms with Gasteiger partial charge in [0.25, 0.3) is 5.56 Å². The standard InChI is InChI=1S/C12H16N4O2/c1-3-5-8-11(17)14-10(15-12(8)18)9-6-7-13-16(9)4-2/h6-7H,3-5H2,1-2H3,(H2,14,15,17,18). The van der Waals surface area contributed by atoms with Crippen LogP contribution in [-0.2, 0) is 13.0 Å². The minimum absolute atomic E-state index is 0.195. The molecule has 2 aromatic rings.